The molecule has 3 rings (SSSR count). The van der Waals surface area contributed by atoms with Crippen LogP contribution in [-0.2, 0) is 12.8 Å². The van der Waals surface area contributed by atoms with Crippen LogP contribution in [0.1, 0.15) is 10.4 Å². The van der Waals surface area contributed by atoms with E-state index in [1.807, 2.05) is 29.5 Å². The average molecular weight is 294 g/mol. The van der Waals surface area contributed by atoms with Gasteiger partial charge >= 0.3 is 0 Å². The highest BCUT2D eigenvalue weighted by Crippen LogP contribution is 2.30. The van der Waals surface area contributed by atoms with Crippen molar-refractivity contribution in [3.8, 4) is 5.75 Å². The highest BCUT2D eigenvalue weighted by atomic mass is 35.5. The first kappa shape index (κ1) is 13.0. The van der Waals surface area contributed by atoms with Gasteiger partial charge in [-0.05, 0) is 41.6 Å². The lowest BCUT2D eigenvalue weighted by atomic mass is 10.1. The largest absolute Gasteiger partial charge is 0.488 e. The van der Waals surface area contributed by atoms with Crippen molar-refractivity contribution in [2.45, 2.75) is 18.9 Å². The molecule has 2 aromatic rings. The minimum atomic E-state index is 0.233. The summed E-state index contributed by atoms with van der Waals surface area (Å²) in [5, 5.41) is 6.37. The molecule has 0 radical (unpaired) electrons. The molecule has 1 aromatic heterocycles. The predicted octanol–water partition coefficient (Wildman–Crippen LogP) is 3.54. The predicted molar refractivity (Wildman–Crippen MR) is 80.5 cm³/mol. The molecule has 0 fully saturated rings. The van der Waals surface area contributed by atoms with E-state index in [1.165, 1.54) is 10.4 Å². The van der Waals surface area contributed by atoms with Gasteiger partial charge in [0.15, 0.2) is 0 Å². The summed E-state index contributed by atoms with van der Waals surface area (Å²) in [5.74, 6) is 0.981. The summed E-state index contributed by atoms with van der Waals surface area (Å²) >= 11 is 7.80. The highest BCUT2D eigenvalue weighted by molar-refractivity contribution is 7.09. The normalized spacial score (nSPS) is 17.2. The standard InChI is InChI=1S/C15H16ClNOS/c16-12-3-4-15-11(8-12)9-13(18-15)10-17-6-5-14-2-1-7-19-14/h1-4,7-8,13,17H,5-6,9-10H2. The van der Waals surface area contributed by atoms with Gasteiger partial charge in [-0.1, -0.05) is 17.7 Å². The van der Waals surface area contributed by atoms with Crippen LogP contribution in [-0.4, -0.2) is 19.2 Å². The first-order chi connectivity index (χ1) is 9.31. The van der Waals surface area contributed by atoms with Gasteiger partial charge in [0.2, 0.25) is 0 Å². The maximum atomic E-state index is 5.98. The van der Waals surface area contributed by atoms with Crippen LogP contribution in [0.5, 0.6) is 5.75 Å². The van der Waals surface area contributed by atoms with Gasteiger partial charge in [0.1, 0.15) is 11.9 Å². The number of halogens is 1. The number of thiophene rings is 1. The number of rotatable bonds is 5. The molecule has 100 valence electrons. The summed E-state index contributed by atoms with van der Waals surface area (Å²) in [6.07, 6.45) is 2.27. The van der Waals surface area contributed by atoms with Crippen LogP contribution in [0.25, 0.3) is 0 Å². The maximum absolute atomic E-state index is 5.98. The highest BCUT2D eigenvalue weighted by Gasteiger charge is 2.22. The van der Waals surface area contributed by atoms with Gasteiger partial charge in [-0.15, -0.1) is 11.3 Å². The molecule has 1 N–H and O–H groups in total. The number of nitrogens with one attached hydrogen (secondary N) is 1. The third-order valence-electron chi connectivity index (χ3n) is 3.26. The Labute approximate surface area is 122 Å². The summed E-state index contributed by atoms with van der Waals surface area (Å²) in [5.41, 5.74) is 1.22. The molecule has 4 heteroatoms. The Morgan fingerprint density at radius 3 is 3.16 bits per heavy atom. The van der Waals surface area contributed by atoms with Crippen LogP contribution in [0.4, 0.5) is 0 Å². The van der Waals surface area contributed by atoms with Crippen molar-refractivity contribution in [1.82, 2.24) is 5.32 Å². The van der Waals surface area contributed by atoms with Crippen LogP contribution in [0.2, 0.25) is 5.02 Å². The van der Waals surface area contributed by atoms with E-state index in [2.05, 4.69) is 22.8 Å². The molecule has 0 aliphatic carbocycles. The van der Waals surface area contributed by atoms with Gasteiger partial charge < -0.3 is 10.1 Å². The Morgan fingerprint density at radius 1 is 1.37 bits per heavy atom. The van der Waals surface area contributed by atoms with Gasteiger partial charge in [-0.2, -0.15) is 0 Å². The zero-order valence-electron chi connectivity index (χ0n) is 10.6. The van der Waals surface area contributed by atoms with E-state index in [-0.39, 0.29) is 6.10 Å². The Hall–Kier alpha value is -1.03. The van der Waals surface area contributed by atoms with Gasteiger partial charge in [-0.3, -0.25) is 0 Å². The van der Waals surface area contributed by atoms with Gasteiger partial charge in [-0.25, -0.2) is 0 Å². The summed E-state index contributed by atoms with van der Waals surface area (Å²) in [6.45, 7) is 1.88. The monoisotopic (exact) mass is 293 g/mol. The SMILES string of the molecule is Clc1ccc2c(c1)CC(CNCCc1cccs1)O2. The minimum absolute atomic E-state index is 0.233. The molecule has 1 aromatic carbocycles. The number of ether oxygens (including phenoxy) is 1. The molecule has 2 heterocycles. The number of hydrogen-bond donors (Lipinski definition) is 1. The maximum Gasteiger partial charge on any atom is 0.123 e. The number of benzene rings is 1. The van der Waals surface area contributed by atoms with Crippen LogP contribution in [0, 0.1) is 0 Å². The van der Waals surface area contributed by atoms with E-state index in [1.54, 1.807) is 0 Å². The molecule has 1 atom stereocenters. The van der Waals surface area contributed by atoms with Crippen molar-refractivity contribution in [3.63, 3.8) is 0 Å². The zero-order chi connectivity index (χ0) is 13.1. The lowest BCUT2D eigenvalue weighted by Crippen LogP contribution is -2.31. The molecular formula is C15H16ClNOS. The quantitative estimate of drug-likeness (QED) is 0.852. The van der Waals surface area contributed by atoms with Crippen LogP contribution in [0.3, 0.4) is 0 Å². The molecule has 0 amide bonds. The van der Waals surface area contributed by atoms with E-state index < -0.39 is 0 Å². The fraction of sp³-hybridized carbons (Fsp3) is 0.333. The van der Waals surface area contributed by atoms with Crippen molar-refractivity contribution in [3.05, 3.63) is 51.2 Å². The van der Waals surface area contributed by atoms with Crippen LogP contribution in [0.15, 0.2) is 35.7 Å². The molecule has 0 saturated carbocycles. The van der Waals surface area contributed by atoms with Crippen LogP contribution < -0.4 is 10.1 Å². The van der Waals surface area contributed by atoms with E-state index in [9.17, 15) is 0 Å². The second-order valence-corrected chi connectivity index (χ2v) is 6.20. The van der Waals surface area contributed by atoms with Crippen molar-refractivity contribution in [1.29, 1.82) is 0 Å². The van der Waals surface area contributed by atoms with E-state index >= 15 is 0 Å². The molecule has 1 aliphatic rings. The first-order valence-corrected chi connectivity index (χ1v) is 7.75. The third-order valence-corrected chi connectivity index (χ3v) is 4.44. The Morgan fingerprint density at radius 2 is 2.32 bits per heavy atom. The fourth-order valence-electron chi connectivity index (χ4n) is 2.33. The average Bonchev–Trinajstić information content (AvgIpc) is 3.02. The topological polar surface area (TPSA) is 21.3 Å². The second-order valence-electron chi connectivity index (χ2n) is 4.73. The third kappa shape index (κ3) is 3.30. The Kier molecular flexibility index (Phi) is 4.06. The van der Waals surface area contributed by atoms with Crippen molar-refractivity contribution < 1.29 is 4.74 Å². The molecule has 1 unspecified atom stereocenters. The summed E-state index contributed by atoms with van der Waals surface area (Å²) in [7, 11) is 0. The lowest BCUT2D eigenvalue weighted by molar-refractivity contribution is 0.228. The summed E-state index contributed by atoms with van der Waals surface area (Å²) in [4.78, 5) is 1.43. The molecule has 0 spiro atoms. The van der Waals surface area contributed by atoms with E-state index in [0.29, 0.717) is 0 Å². The molecule has 0 saturated heterocycles. The fourth-order valence-corrected chi connectivity index (χ4v) is 3.24. The molecule has 1 aliphatic heterocycles. The van der Waals surface area contributed by atoms with Gasteiger partial charge in [0.25, 0.3) is 0 Å². The van der Waals surface area contributed by atoms with Crippen molar-refractivity contribution in [2.24, 2.45) is 0 Å². The molecule has 0 bridgehead atoms. The minimum Gasteiger partial charge on any atom is -0.488 e. The summed E-state index contributed by atoms with van der Waals surface area (Å²) in [6, 6.07) is 10.1. The lowest BCUT2D eigenvalue weighted by Gasteiger charge is -2.11. The number of fused-ring (bicyclic) bond motifs is 1. The Bertz CT molecular complexity index is 541. The Balaban J connectivity index is 1.43. The van der Waals surface area contributed by atoms with Crippen molar-refractivity contribution in [2.75, 3.05) is 13.1 Å². The second kappa shape index (κ2) is 5.95. The van der Waals surface area contributed by atoms with Gasteiger partial charge in [0.05, 0.1) is 0 Å². The zero-order valence-corrected chi connectivity index (χ0v) is 12.1. The van der Waals surface area contributed by atoms with Gasteiger partial charge in [0, 0.05) is 29.4 Å². The van der Waals surface area contributed by atoms with E-state index in [0.717, 1.165) is 36.7 Å². The van der Waals surface area contributed by atoms with Crippen molar-refractivity contribution >= 4 is 22.9 Å². The number of hydrogen-bond acceptors (Lipinski definition) is 3. The summed E-state index contributed by atoms with van der Waals surface area (Å²) < 4.78 is 5.88. The van der Waals surface area contributed by atoms with E-state index in [4.69, 9.17) is 16.3 Å². The van der Waals surface area contributed by atoms with Crippen LogP contribution >= 0.6 is 22.9 Å². The smallest absolute Gasteiger partial charge is 0.123 e. The molecule has 19 heavy (non-hydrogen) atoms. The molecular weight excluding hydrogens is 278 g/mol. The molecule has 2 nitrogen and oxygen atoms in total. The first-order valence-electron chi connectivity index (χ1n) is 6.49.